The molecule has 0 unspecified atom stereocenters. The van der Waals surface area contributed by atoms with E-state index in [0.29, 0.717) is 0 Å². The van der Waals surface area contributed by atoms with Gasteiger partial charge in [0, 0.05) is 11.4 Å². The number of carbonyl (C=O) groups excluding carboxylic acids is 1. The van der Waals surface area contributed by atoms with Gasteiger partial charge in [0.05, 0.1) is 5.69 Å². The number of benzene rings is 3. The molecule has 0 radical (unpaired) electrons. The molecule has 3 aromatic carbocycles. The average molecular weight is 334 g/mol. The third-order valence-corrected chi connectivity index (χ3v) is 4.22. The summed E-state index contributed by atoms with van der Waals surface area (Å²) < 4.78 is 0. The van der Waals surface area contributed by atoms with Crippen LogP contribution >= 0.6 is 0 Å². The first-order valence-corrected chi connectivity index (χ1v) is 8.45. The number of aryl methyl sites for hydroxylation is 1. The number of hydrogen-bond acceptors (Lipinski definition) is 2. The van der Waals surface area contributed by atoms with Crippen LogP contribution in [0.2, 0.25) is 0 Å². The first-order valence-electron chi connectivity index (χ1n) is 8.45. The van der Waals surface area contributed by atoms with Crippen molar-refractivity contribution in [1.29, 1.82) is 0 Å². The van der Waals surface area contributed by atoms with E-state index >= 15 is 0 Å². The van der Waals surface area contributed by atoms with Crippen molar-refractivity contribution in [1.82, 2.24) is 5.32 Å². The molecule has 0 aliphatic carbocycles. The topological polar surface area (TPSA) is 61.4 Å². The molecule has 0 saturated heterocycles. The molecule has 4 heteroatoms. The van der Waals surface area contributed by atoms with E-state index < -0.39 is 0 Å². The molecule has 1 atom stereocenters. The highest BCUT2D eigenvalue weighted by atomic mass is 16.3. The van der Waals surface area contributed by atoms with Gasteiger partial charge in [0.25, 0.3) is 0 Å². The van der Waals surface area contributed by atoms with Gasteiger partial charge in [-0.1, -0.05) is 48.5 Å². The molecular formula is C21H22N2O2. The summed E-state index contributed by atoms with van der Waals surface area (Å²) in [6, 6.07) is 20.9. The molecular weight excluding hydrogens is 312 g/mol. The van der Waals surface area contributed by atoms with Gasteiger partial charge in [-0.3, -0.25) is 0 Å². The molecule has 0 bridgehead atoms. The normalized spacial score (nSPS) is 11.9. The number of urea groups is 1. The maximum atomic E-state index is 12.3. The van der Waals surface area contributed by atoms with E-state index in [9.17, 15) is 9.90 Å². The molecule has 128 valence electrons. The second kappa shape index (κ2) is 7.71. The lowest BCUT2D eigenvalue weighted by Gasteiger charge is -2.15. The van der Waals surface area contributed by atoms with Crippen LogP contribution < -0.4 is 10.6 Å². The van der Waals surface area contributed by atoms with E-state index in [1.54, 1.807) is 12.1 Å². The number of phenolic OH excluding ortho intramolecular Hbond substituents is 1. The van der Waals surface area contributed by atoms with Gasteiger partial charge >= 0.3 is 6.03 Å². The predicted molar refractivity (Wildman–Crippen MR) is 102 cm³/mol. The standard InChI is InChI=1S/C21H22N2O2/c1-15(9-10-16-11-13-18(24)14-12-16)22-21(25)23-20-8-4-6-17-5-2-3-7-19(17)20/h2-8,11-15,24H,9-10H2,1H3,(H2,22,23,25)/t15-/m1/s1. The Labute approximate surface area is 147 Å². The monoisotopic (exact) mass is 334 g/mol. The van der Waals surface area contributed by atoms with Crippen molar-refractivity contribution >= 4 is 22.5 Å². The molecule has 0 heterocycles. The number of aromatic hydroxyl groups is 1. The van der Waals surface area contributed by atoms with E-state index in [4.69, 9.17) is 0 Å². The molecule has 0 aliphatic rings. The van der Waals surface area contributed by atoms with Crippen molar-refractivity contribution in [3.63, 3.8) is 0 Å². The van der Waals surface area contributed by atoms with Crippen LogP contribution in [0.15, 0.2) is 66.7 Å². The van der Waals surface area contributed by atoms with Crippen molar-refractivity contribution in [2.45, 2.75) is 25.8 Å². The van der Waals surface area contributed by atoms with Crippen LogP contribution in [0.25, 0.3) is 10.8 Å². The molecule has 0 aromatic heterocycles. The van der Waals surface area contributed by atoms with E-state index in [-0.39, 0.29) is 17.8 Å². The van der Waals surface area contributed by atoms with Crippen LogP contribution in [0.3, 0.4) is 0 Å². The summed E-state index contributed by atoms with van der Waals surface area (Å²) in [5.41, 5.74) is 1.95. The maximum Gasteiger partial charge on any atom is 0.319 e. The number of rotatable bonds is 5. The van der Waals surface area contributed by atoms with E-state index in [1.165, 1.54) is 0 Å². The first kappa shape index (κ1) is 16.8. The van der Waals surface area contributed by atoms with Gasteiger partial charge in [0.1, 0.15) is 5.75 Å². The molecule has 2 amide bonds. The summed E-state index contributed by atoms with van der Waals surface area (Å²) in [6.07, 6.45) is 1.67. The summed E-state index contributed by atoms with van der Waals surface area (Å²) in [6.45, 7) is 1.99. The summed E-state index contributed by atoms with van der Waals surface area (Å²) in [5.74, 6) is 0.268. The third-order valence-electron chi connectivity index (χ3n) is 4.22. The Morgan fingerprint density at radius 3 is 2.52 bits per heavy atom. The predicted octanol–water partition coefficient (Wildman–Crippen LogP) is 4.69. The lowest BCUT2D eigenvalue weighted by atomic mass is 10.1. The summed E-state index contributed by atoms with van der Waals surface area (Å²) in [7, 11) is 0. The van der Waals surface area contributed by atoms with Crippen molar-refractivity contribution in [3.8, 4) is 5.75 Å². The second-order valence-corrected chi connectivity index (χ2v) is 6.23. The van der Waals surface area contributed by atoms with Crippen LogP contribution in [-0.2, 0) is 6.42 Å². The van der Waals surface area contributed by atoms with Crippen LogP contribution in [0.5, 0.6) is 5.75 Å². The first-order chi connectivity index (χ1) is 12.1. The number of carbonyl (C=O) groups is 1. The Morgan fingerprint density at radius 2 is 1.72 bits per heavy atom. The Hall–Kier alpha value is -3.01. The largest absolute Gasteiger partial charge is 0.508 e. The minimum Gasteiger partial charge on any atom is -0.508 e. The average Bonchev–Trinajstić information content (AvgIpc) is 2.61. The van der Waals surface area contributed by atoms with Gasteiger partial charge < -0.3 is 15.7 Å². The lowest BCUT2D eigenvalue weighted by Crippen LogP contribution is -2.36. The number of hydrogen-bond donors (Lipinski definition) is 3. The van der Waals surface area contributed by atoms with Crippen molar-refractivity contribution < 1.29 is 9.90 Å². The van der Waals surface area contributed by atoms with Gasteiger partial charge in [-0.2, -0.15) is 0 Å². The van der Waals surface area contributed by atoms with Crippen molar-refractivity contribution in [3.05, 3.63) is 72.3 Å². The molecule has 0 fully saturated rings. The SMILES string of the molecule is C[C@H](CCc1ccc(O)cc1)NC(=O)Nc1cccc2ccccc12. The van der Waals surface area contributed by atoms with Crippen molar-refractivity contribution in [2.24, 2.45) is 0 Å². The minimum atomic E-state index is -0.199. The highest BCUT2D eigenvalue weighted by molar-refractivity contribution is 6.01. The fourth-order valence-electron chi connectivity index (χ4n) is 2.83. The summed E-state index contributed by atoms with van der Waals surface area (Å²) in [4.78, 5) is 12.3. The fourth-order valence-corrected chi connectivity index (χ4v) is 2.83. The molecule has 3 aromatic rings. The number of amides is 2. The van der Waals surface area contributed by atoms with E-state index in [2.05, 4.69) is 10.6 Å². The Kier molecular flexibility index (Phi) is 5.19. The zero-order valence-electron chi connectivity index (χ0n) is 14.2. The second-order valence-electron chi connectivity index (χ2n) is 6.23. The number of fused-ring (bicyclic) bond motifs is 1. The van der Waals surface area contributed by atoms with Crippen LogP contribution in [0.4, 0.5) is 10.5 Å². The summed E-state index contributed by atoms with van der Waals surface area (Å²) in [5, 5.41) is 17.3. The maximum absolute atomic E-state index is 12.3. The Bertz CT molecular complexity index is 854. The van der Waals surface area contributed by atoms with E-state index in [1.807, 2.05) is 61.5 Å². The summed E-state index contributed by atoms with van der Waals surface area (Å²) >= 11 is 0. The smallest absolute Gasteiger partial charge is 0.319 e. The number of nitrogens with one attached hydrogen (secondary N) is 2. The number of phenols is 1. The third kappa shape index (κ3) is 4.51. The van der Waals surface area contributed by atoms with E-state index in [0.717, 1.165) is 34.9 Å². The van der Waals surface area contributed by atoms with Gasteiger partial charge in [-0.25, -0.2) is 4.79 Å². The quantitative estimate of drug-likeness (QED) is 0.634. The van der Waals surface area contributed by atoms with Gasteiger partial charge in [0.15, 0.2) is 0 Å². The van der Waals surface area contributed by atoms with Crippen LogP contribution in [0.1, 0.15) is 18.9 Å². The van der Waals surface area contributed by atoms with Crippen LogP contribution in [-0.4, -0.2) is 17.2 Å². The van der Waals surface area contributed by atoms with Gasteiger partial charge in [-0.15, -0.1) is 0 Å². The highest BCUT2D eigenvalue weighted by Gasteiger charge is 2.09. The molecule has 3 N–H and O–H groups in total. The highest BCUT2D eigenvalue weighted by Crippen LogP contribution is 2.22. The van der Waals surface area contributed by atoms with Gasteiger partial charge in [0.2, 0.25) is 0 Å². The molecule has 3 rings (SSSR count). The molecule has 0 aliphatic heterocycles. The zero-order valence-corrected chi connectivity index (χ0v) is 14.2. The van der Waals surface area contributed by atoms with Gasteiger partial charge in [-0.05, 0) is 48.9 Å². The number of anilines is 1. The van der Waals surface area contributed by atoms with Crippen molar-refractivity contribution in [2.75, 3.05) is 5.32 Å². The fraction of sp³-hybridized carbons (Fsp3) is 0.190. The molecule has 4 nitrogen and oxygen atoms in total. The minimum absolute atomic E-state index is 0.0452. The lowest BCUT2D eigenvalue weighted by molar-refractivity contribution is 0.248. The van der Waals surface area contributed by atoms with Crippen LogP contribution in [0, 0.1) is 0 Å². The molecule has 0 spiro atoms. The zero-order chi connectivity index (χ0) is 17.6. The molecule has 25 heavy (non-hydrogen) atoms. The Balaban J connectivity index is 1.55. The molecule has 0 saturated carbocycles. The Morgan fingerprint density at radius 1 is 1.00 bits per heavy atom.